The zero-order chi connectivity index (χ0) is 9.26. The molecule has 0 amide bonds. The smallest absolute Gasteiger partial charge is 0.0701 e. The van der Waals surface area contributed by atoms with Crippen LogP contribution in [0.2, 0.25) is 0 Å². The second-order valence-corrected chi connectivity index (χ2v) is 6.04. The molecule has 0 spiro atoms. The van der Waals surface area contributed by atoms with Gasteiger partial charge in [-0.2, -0.15) is 0 Å². The molecule has 1 aliphatic heterocycles. The Morgan fingerprint density at radius 1 is 1.57 bits per heavy atom. The summed E-state index contributed by atoms with van der Waals surface area (Å²) in [6.07, 6.45) is 1.15. The Labute approximate surface area is 103 Å². The van der Waals surface area contributed by atoms with Gasteiger partial charge in [-0.25, -0.2) is 0 Å². The largest absolute Gasteiger partial charge is 0.326 e. The predicted octanol–water partition coefficient (Wildman–Crippen LogP) is 2.47. The summed E-state index contributed by atoms with van der Waals surface area (Å²) in [5.41, 5.74) is 5.84. The van der Waals surface area contributed by atoms with Gasteiger partial charge in [0.1, 0.15) is 0 Å². The molecule has 0 aromatic carbocycles. The molecule has 0 saturated carbocycles. The normalized spacial score (nSPS) is 22.3. The van der Waals surface area contributed by atoms with E-state index in [1.54, 1.807) is 0 Å². The maximum Gasteiger partial charge on any atom is 0.0701 e. The van der Waals surface area contributed by atoms with Crippen molar-refractivity contribution in [2.24, 2.45) is 5.73 Å². The highest BCUT2D eigenvalue weighted by atomic mass is 79.9. The van der Waals surface area contributed by atoms with Crippen molar-refractivity contribution in [3.8, 4) is 0 Å². The number of hydrogen-bond acceptors (Lipinski definition) is 3. The van der Waals surface area contributed by atoms with E-state index in [0.717, 1.165) is 26.1 Å². The molecule has 2 heterocycles. The zero-order valence-corrected chi connectivity index (χ0v) is 11.0. The van der Waals surface area contributed by atoms with Crippen molar-refractivity contribution in [1.29, 1.82) is 0 Å². The molecule has 14 heavy (non-hydrogen) atoms. The maximum atomic E-state index is 5.84. The number of thiophene rings is 1. The summed E-state index contributed by atoms with van der Waals surface area (Å²) in [6.45, 7) is 3.26. The third-order valence-electron chi connectivity index (χ3n) is 2.32. The average molecular weight is 298 g/mol. The molecule has 2 nitrogen and oxygen atoms in total. The summed E-state index contributed by atoms with van der Waals surface area (Å²) < 4.78 is 1.21. The Morgan fingerprint density at radius 3 is 2.86 bits per heavy atom. The number of hydrogen-bond donors (Lipinski definition) is 1. The van der Waals surface area contributed by atoms with E-state index in [1.165, 1.54) is 8.66 Å². The fourth-order valence-electron chi connectivity index (χ4n) is 1.66. The van der Waals surface area contributed by atoms with Gasteiger partial charge in [-0.1, -0.05) is 0 Å². The highest BCUT2D eigenvalue weighted by Gasteiger charge is 2.19. The van der Waals surface area contributed by atoms with Crippen LogP contribution in [0.5, 0.6) is 0 Å². The second-order valence-electron chi connectivity index (χ2n) is 3.49. The summed E-state index contributed by atoms with van der Waals surface area (Å²) in [4.78, 5) is 3.84. The van der Waals surface area contributed by atoms with Gasteiger partial charge in [0.25, 0.3) is 0 Å². The Balaban J connectivity index is 0.000000980. The van der Waals surface area contributed by atoms with E-state index in [0.29, 0.717) is 6.04 Å². The van der Waals surface area contributed by atoms with Crippen LogP contribution in [0.3, 0.4) is 0 Å². The second kappa shape index (κ2) is 5.47. The molecule has 1 aromatic rings. The summed E-state index contributed by atoms with van der Waals surface area (Å²) in [6, 6.07) is 4.68. The number of rotatable bonds is 2. The van der Waals surface area contributed by atoms with Crippen molar-refractivity contribution < 1.29 is 0 Å². The van der Waals surface area contributed by atoms with Crippen molar-refractivity contribution in [1.82, 2.24) is 4.90 Å². The van der Waals surface area contributed by atoms with Gasteiger partial charge in [0.05, 0.1) is 3.79 Å². The molecule has 1 aliphatic rings. The third kappa shape index (κ3) is 3.21. The summed E-state index contributed by atoms with van der Waals surface area (Å²) in [5.74, 6) is 0. The van der Waals surface area contributed by atoms with E-state index in [4.69, 9.17) is 5.73 Å². The SMILES string of the molecule is Cl.N[C@@H]1CCN(Cc2ccc(Br)s2)C1. The molecule has 1 saturated heterocycles. The van der Waals surface area contributed by atoms with Crippen LogP contribution in [0, 0.1) is 0 Å². The van der Waals surface area contributed by atoms with Crippen LogP contribution in [0.15, 0.2) is 15.9 Å². The Hall–Kier alpha value is 0.390. The Bertz CT molecular complexity index is 292. The molecule has 0 bridgehead atoms. The minimum atomic E-state index is 0. The summed E-state index contributed by atoms with van der Waals surface area (Å²) in [5, 5.41) is 0. The van der Waals surface area contributed by atoms with E-state index in [-0.39, 0.29) is 12.4 Å². The molecule has 80 valence electrons. The van der Waals surface area contributed by atoms with Crippen LogP contribution in [0.25, 0.3) is 0 Å². The maximum absolute atomic E-state index is 5.84. The van der Waals surface area contributed by atoms with Crippen LogP contribution < -0.4 is 5.73 Å². The van der Waals surface area contributed by atoms with Gasteiger partial charge in [-0.15, -0.1) is 23.7 Å². The molecular weight excluding hydrogens is 284 g/mol. The number of nitrogens with two attached hydrogens (primary N) is 1. The Kier molecular flexibility index (Phi) is 4.87. The van der Waals surface area contributed by atoms with E-state index in [9.17, 15) is 0 Å². The first-order chi connectivity index (χ1) is 6.24. The van der Waals surface area contributed by atoms with Gasteiger partial charge in [-0.3, -0.25) is 4.90 Å². The number of halogens is 2. The van der Waals surface area contributed by atoms with E-state index in [1.807, 2.05) is 11.3 Å². The minimum Gasteiger partial charge on any atom is -0.326 e. The zero-order valence-electron chi connectivity index (χ0n) is 7.78. The van der Waals surface area contributed by atoms with Crippen molar-refractivity contribution in [3.63, 3.8) is 0 Å². The highest BCUT2D eigenvalue weighted by molar-refractivity contribution is 9.11. The van der Waals surface area contributed by atoms with Crippen molar-refractivity contribution in [2.45, 2.75) is 19.0 Å². The van der Waals surface area contributed by atoms with Gasteiger partial charge in [0.2, 0.25) is 0 Å². The molecule has 2 rings (SSSR count). The molecular formula is C9H14BrClN2S. The lowest BCUT2D eigenvalue weighted by Gasteiger charge is -2.12. The molecule has 2 N–H and O–H groups in total. The van der Waals surface area contributed by atoms with Gasteiger partial charge in [-0.05, 0) is 34.5 Å². The fourth-order valence-corrected chi connectivity index (χ4v) is 3.19. The molecule has 1 atom stereocenters. The first-order valence-corrected chi connectivity index (χ1v) is 6.07. The molecule has 1 aromatic heterocycles. The minimum absolute atomic E-state index is 0. The highest BCUT2D eigenvalue weighted by Crippen LogP contribution is 2.24. The quantitative estimate of drug-likeness (QED) is 0.908. The number of nitrogens with zero attached hydrogens (tertiary/aromatic N) is 1. The van der Waals surface area contributed by atoms with Crippen LogP contribution in [0.4, 0.5) is 0 Å². The molecule has 0 radical (unpaired) electrons. The van der Waals surface area contributed by atoms with Crippen LogP contribution >= 0.6 is 39.7 Å². The summed E-state index contributed by atoms with van der Waals surface area (Å²) in [7, 11) is 0. The van der Waals surface area contributed by atoms with E-state index < -0.39 is 0 Å². The van der Waals surface area contributed by atoms with Crippen LogP contribution in [0.1, 0.15) is 11.3 Å². The van der Waals surface area contributed by atoms with Crippen molar-refractivity contribution in [2.75, 3.05) is 13.1 Å². The lowest BCUT2D eigenvalue weighted by atomic mass is 10.3. The standard InChI is InChI=1S/C9H13BrN2S.ClH/c10-9-2-1-8(13-9)6-12-4-3-7(11)5-12;/h1-2,7H,3-6,11H2;1H/t7-;/m1./s1. The molecule has 0 aliphatic carbocycles. The lowest BCUT2D eigenvalue weighted by molar-refractivity contribution is 0.330. The van der Waals surface area contributed by atoms with Gasteiger partial charge in [0.15, 0.2) is 0 Å². The molecule has 1 fully saturated rings. The first kappa shape index (κ1) is 12.5. The van der Waals surface area contributed by atoms with Gasteiger partial charge in [0, 0.05) is 30.6 Å². The topological polar surface area (TPSA) is 29.3 Å². The summed E-state index contributed by atoms with van der Waals surface area (Å²) >= 11 is 5.28. The van der Waals surface area contributed by atoms with Crippen LogP contribution in [-0.4, -0.2) is 24.0 Å². The monoisotopic (exact) mass is 296 g/mol. The Morgan fingerprint density at radius 2 is 2.36 bits per heavy atom. The predicted molar refractivity (Wildman–Crippen MR) is 67.1 cm³/mol. The third-order valence-corrected chi connectivity index (χ3v) is 3.93. The van der Waals surface area contributed by atoms with Gasteiger partial charge < -0.3 is 5.73 Å². The molecule has 0 unspecified atom stereocenters. The number of likely N-dealkylation sites (tertiary alicyclic amines) is 1. The molecule has 5 heteroatoms. The van der Waals surface area contributed by atoms with E-state index >= 15 is 0 Å². The van der Waals surface area contributed by atoms with E-state index in [2.05, 4.69) is 33.0 Å². The van der Waals surface area contributed by atoms with Gasteiger partial charge >= 0.3 is 0 Å². The van der Waals surface area contributed by atoms with Crippen molar-refractivity contribution >= 4 is 39.7 Å². The van der Waals surface area contributed by atoms with Crippen molar-refractivity contribution in [3.05, 3.63) is 20.8 Å². The average Bonchev–Trinajstić information content (AvgIpc) is 2.62. The first-order valence-electron chi connectivity index (χ1n) is 4.46. The lowest BCUT2D eigenvalue weighted by Crippen LogP contribution is -2.25. The van der Waals surface area contributed by atoms with Crippen LogP contribution in [-0.2, 0) is 6.54 Å². The fraction of sp³-hybridized carbons (Fsp3) is 0.556.